The molecule has 1 aliphatic rings. The van der Waals surface area contributed by atoms with Gasteiger partial charge in [0.1, 0.15) is 0 Å². The third-order valence-corrected chi connectivity index (χ3v) is 4.48. The van der Waals surface area contributed by atoms with Crippen molar-refractivity contribution in [3.63, 3.8) is 0 Å². The van der Waals surface area contributed by atoms with Gasteiger partial charge in [-0.3, -0.25) is 4.90 Å². The number of hydrogen-bond acceptors (Lipinski definition) is 4. The topological polar surface area (TPSA) is 67.8 Å². The number of nitrogens with one attached hydrogen (secondary N) is 2. The fourth-order valence-electron chi connectivity index (χ4n) is 2.91. The number of carbonyl (C=O) groups excluding carboxylic acids is 1. The average molecular weight is 334 g/mol. The van der Waals surface area contributed by atoms with E-state index in [0.29, 0.717) is 19.5 Å². The Hall–Kier alpha value is -1.63. The van der Waals surface area contributed by atoms with Crippen molar-refractivity contribution < 1.29 is 9.90 Å². The van der Waals surface area contributed by atoms with E-state index in [0.717, 1.165) is 44.8 Å². The summed E-state index contributed by atoms with van der Waals surface area (Å²) in [5.41, 5.74) is 2.44. The number of benzene rings is 1. The highest BCUT2D eigenvalue weighted by atomic mass is 16.3. The molecule has 2 amide bonds. The number of rotatable bonds is 8. The molecule has 134 valence electrons. The Balaban J connectivity index is 1.82. The second-order valence-electron chi connectivity index (χ2n) is 6.17. The van der Waals surface area contributed by atoms with Crippen molar-refractivity contribution in [2.45, 2.75) is 26.4 Å². The lowest BCUT2D eigenvalue weighted by atomic mass is 10.1. The van der Waals surface area contributed by atoms with Crippen LogP contribution in [0, 0.1) is 0 Å². The zero-order valence-electron chi connectivity index (χ0n) is 14.6. The molecule has 0 atom stereocenters. The first-order chi connectivity index (χ1) is 11.7. The Morgan fingerprint density at radius 3 is 2.42 bits per heavy atom. The highest BCUT2D eigenvalue weighted by Crippen LogP contribution is 2.13. The first-order valence-corrected chi connectivity index (χ1v) is 8.87. The van der Waals surface area contributed by atoms with Crippen LogP contribution >= 0.6 is 0 Å². The molecule has 1 aromatic rings. The van der Waals surface area contributed by atoms with E-state index in [9.17, 15) is 4.79 Å². The maximum atomic E-state index is 11.7. The molecule has 0 unspecified atom stereocenters. The monoisotopic (exact) mass is 334 g/mol. The third-order valence-electron chi connectivity index (χ3n) is 4.48. The van der Waals surface area contributed by atoms with Gasteiger partial charge in [-0.15, -0.1) is 0 Å². The van der Waals surface area contributed by atoms with E-state index in [1.807, 2.05) is 6.07 Å². The molecule has 1 heterocycles. The fraction of sp³-hybridized carbons (Fsp3) is 0.611. The van der Waals surface area contributed by atoms with Crippen molar-refractivity contribution in [1.29, 1.82) is 0 Å². The molecule has 0 aromatic heterocycles. The zero-order valence-corrected chi connectivity index (χ0v) is 14.6. The second kappa shape index (κ2) is 10.3. The van der Waals surface area contributed by atoms with Gasteiger partial charge < -0.3 is 20.6 Å². The van der Waals surface area contributed by atoms with E-state index in [4.69, 9.17) is 5.11 Å². The number of amides is 2. The van der Waals surface area contributed by atoms with Gasteiger partial charge in [0.05, 0.1) is 0 Å². The van der Waals surface area contributed by atoms with Crippen LogP contribution in [0.5, 0.6) is 0 Å². The number of hydrogen-bond donors (Lipinski definition) is 3. The van der Waals surface area contributed by atoms with Crippen LogP contribution in [0.15, 0.2) is 24.3 Å². The van der Waals surface area contributed by atoms with Gasteiger partial charge in [0.15, 0.2) is 0 Å². The van der Waals surface area contributed by atoms with Gasteiger partial charge in [-0.05, 0) is 24.1 Å². The van der Waals surface area contributed by atoms with Crippen LogP contribution in [0.2, 0.25) is 0 Å². The van der Waals surface area contributed by atoms with Gasteiger partial charge in [-0.25, -0.2) is 4.79 Å². The van der Waals surface area contributed by atoms with Crippen molar-refractivity contribution >= 4 is 6.03 Å². The van der Waals surface area contributed by atoms with Crippen molar-refractivity contribution in [3.8, 4) is 0 Å². The molecule has 1 aliphatic heterocycles. The van der Waals surface area contributed by atoms with Crippen molar-refractivity contribution in [3.05, 3.63) is 35.4 Å². The van der Waals surface area contributed by atoms with E-state index >= 15 is 0 Å². The summed E-state index contributed by atoms with van der Waals surface area (Å²) in [6.45, 7) is 9.82. The molecule has 0 radical (unpaired) electrons. The first-order valence-electron chi connectivity index (χ1n) is 8.87. The summed E-state index contributed by atoms with van der Waals surface area (Å²) in [6, 6.07) is 8.11. The van der Waals surface area contributed by atoms with Gasteiger partial charge in [0.25, 0.3) is 0 Å². The largest absolute Gasteiger partial charge is 0.396 e. The lowest BCUT2D eigenvalue weighted by Gasteiger charge is -2.34. The van der Waals surface area contributed by atoms with Gasteiger partial charge in [-0.1, -0.05) is 31.2 Å². The molecule has 0 spiro atoms. The molecule has 3 N–H and O–H groups in total. The van der Waals surface area contributed by atoms with Gasteiger partial charge in [0.2, 0.25) is 0 Å². The maximum Gasteiger partial charge on any atom is 0.315 e. The van der Waals surface area contributed by atoms with Crippen LogP contribution in [-0.2, 0) is 13.1 Å². The summed E-state index contributed by atoms with van der Waals surface area (Å²) in [4.78, 5) is 16.7. The second-order valence-corrected chi connectivity index (χ2v) is 6.17. The molecular weight excluding hydrogens is 304 g/mol. The standard InChI is InChI=1S/C18H30N4O2/c1-2-21-9-11-22(12-10-21)15-17-7-4-3-6-16(17)14-20-18(24)19-8-5-13-23/h3-4,6-7,23H,2,5,8-15H2,1H3,(H2,19,20,24). The van der Waals surface area contributed by atoms with Crippen molar-refractivity contribution in [2.75, 3.05) is 45.9 Å². The summed E-state index contributed by atoms with van der Waals surface area (Å²) < 4.78 is 0. The number of likely N-dealkylation sites (N-methyl/N-ethyl adjacent to an activating group) is 1. The van der Waals surface area contributed by atoms with Crippen LogP contribution in [-0.4, -0.2) is 66.8 Å². The summed E-state index contributed by atoms with van der Waals surface area (Å²) in [6.07, 6.45) is 0.577. The number of piperazine rings is 1. The van der Waals surface area contributed by atoms with Crippen molar-refractivity contribution in [1.82, 2.24) is 20.4 Å². The number of aliphatic hydroxyl groups excluding tert-OH is 1. The SMILES string of the molecule is CCN1CCN(Cc2ccccc2CNC(=O)NCCCO)CC1. The fourth-order valence-corrected chi connectivity index (χ4v) is 2.91. The smallest absolute Gasteiger partial charge is 0.315 e. The highest BCUT2D eigenvalue weighted by Gasteiger charge is 2.16. The molecule has 24 heavy (non-hydrogen) atoms. The Morgan fingerprint density at radius 1 is 1.08 bits per heavy atom. The van der Waals surface area contributed by atoms with E-state index in [1.165, 1.54) is 5.56 Å². The molecule has 0 saturated carbocycles. The average Bonchev–Trinajstić information content (AvgIpc) is 2.62. The van der Waals surface area contributed by atoms with Crippen LogP contribution in [0.25, 0.3) is 0 Å². The Labute approximate surface area is 144 Å². The molecule has 0 aliphatic carbocycles. The van der Waals surface area contributed by atoms with Crippen molar-refractivity contribution in [2.24, 2.45) is 0 Å². The van der Waals surface area contributed by atoms with Gasteiger partial charge in [-0.2, -0.15) is 0 Å². The predicted molar refractivity (Wildman–Crippen MR) is 95.8 cm³/mol. The normalized spacial score (nSPS) is 16.1. The quantitative estimate of drug-likeness (QED) is 0.621. The zero-order chi connectivity index (χ0) is 17.2. The number of urea groups is 1. The van der Waals surface area contributed by atoms with Gasteiger partial charge in [0, 0.05) is 52.4 Å². The highest BCUT2D eigenvalue weighted by molar-refractivity contribution is 5.73. The summed E-state index contributed by atoms with van der Waals surface area (Å²) in [7, 11) is 0. The first kappa shape index (κ1) is 18.7. The van der Waals surface area contributed by atoms with E-state index in [1.54, 1.807) is 0 Å². The lowest BCUT2D eigenvalue weighted by Crippen LogP contribution is -2.45. The molecule has 0 bridgehead atoms. The Bertz CT molecular complexity index is 502. The Morgan fingerprint density at radius 2 is 1.75 bits per heavy atom. The summed E-state index contributed by atoms with van der Waals surface area (Å²) in [5, 5.41) is 14.4. The summed E-state index contributed by atoms with van der Waals surface area (Å²) >= 11 is 0. The minimum Gasteiger partial charge on any atom is -0.396 e. The minimum atomic E-state index is -0.185. The molecule has 2 rings (SSSR count). The van der Waals surface area contributed by atoms with E-state index in [-0.39, 0.29) is 12.6 Å². The molecule has 6 heteroatoms. The molecular formula is C18H30N4O2. The number of nitrogens with zero attached hydrogens (tertiary/aromatic N) is 2. The molecule has 1 aromatic carbocycles. The minimum absolute atomic E-state index is 0.0917. The van der Waals surface area contributed by atoms with Gasteiger partial charge >= 0.3 is 6.03 Å². The predicted octanol–water partition coefficient (Wildman–Crippen LogP) is 1.01. The maximum absolute atomic E-state index is 11.7. The molecule has 1 saturated heterocycles. The van der Waals surface area contributed by atoms with Crippen LogP contribution in [0.1, 0.15) is 24.5 Å². The van der Waals surface area contributed by atoms with Crippen LogP contribution in [0.4, 0.5) is 4.79 Å². The molecule has 1 fully saturated rings. The van der Waals surface area contributed by atoms with E-state index in [2.05, 4.69) is 45.6 Å². The van der Waals surface area contributed by atoms with E-state index < -0.39 is 0 Å². The molecule has 6 nitrogen and oxygen atoms in total. The number of aliphatic hydroxyl groups is 1. The number of carbonyl (C=O) groups is 1. The Kier molecular flexibility index (Phi) is 8.01. The van der Waals surface area contributed by atoms with Crippen LogP contribution in [0.3, 0.4) is 0 Å². The van der Waals surface area contributed by atoms with Crippen LogP contribution < -0.4 is 10.6 Å². The summed E-state index contributed by atoms with van der Waals surface area (Å²) in [5.74, 6) is 0. The lowest BCUT2D eigenvalue weighted by molar-refractivity contribution is 0.131. The third kappa shape index (κ3) is 6.11.